The van der Waals surface area contributed by atoms with Crippen molar-refractivity contribution in [2.45, 2.75) is 39.5 Å². The molecule has 0 aromatic rings. The summed E-state index contributed by atoms with van der Waals surface area (Å²) in [7, 11) is 1.46. The van der Waals surface area contributed by atoms with Crippen molar-refractivity contribution < 1.29 is 19.7 Å². The van der Waals surface area contributed by atoms with Crippen molar-refractivity contribution in [2.75, 3.05) is 33.4 Å². The maximum absolute atomic E-state index is 11.0. The minimum absolute atomic E-state index is 0.0547. The van der Waals surface area contributed by atoms with Gasteiger partial charge in [0, 0.05) is 13.1 Å². The molecule has 0 fully saturated rings. The van der Waals surface area contributed by atoms with Gasteiger partial charge in [0.2, 0.25) is 0 Å². The summed E-state index contributed by atoms with van der Waals surface area (Å²) < 4.78 is 4.66. The second-order valence-corrected chi connectivity index (χ2v) is 3.97. The molecule has 5 heteroatoms. The Morgan fingerprint density at radius 3 is 2.11 bits per heavy atom. The molecule has 0 aromatic carbocycles. The summed E-state index contributed by atoms with van der Waals surface area (Å²) in [6.45, 7) is 5.57. The summed E-state index contributed by atoms with van der Waals surface area (Å²) in [6, 6.07) is 0. The quantitative estimate of drug-likeness (QED) is 0.426. The van der Waals surface area contributed by atoms with Gasteiger partial charge in [-0.05, 0) is 12.8 Å². The van der Waals surface area contributed by atoms with Gasteiger partial charge in [-0.15, -0.1) is 0 Å². The molecule has 0 bridgehead atoms. The average molecular weight is 263 g/mol. The first-order valence-electron chi connectivity index (χ1n) is 6.68. The highest BCUT2D eigenvalue weighted by Crippen LogP contribution is 2.13. The Morgan fingerprint density at radius 2 is 1.78 bits per heavy atom. The van der Waals surface area contributed by atoms with Crippen LogP contribution in [0.15, 0.2) is 0 Å². The highest BCUT2D eigenvalue weighted by Gasteiger charge is 2.15. The Labute approximate surface area is 111 Å². The average Bonchev–Trinajstić information content (AvgIpc) is 2.40. The molecule has 0 aliphatic heterocycles. The number of methoxy groups -OCH3 is 1. The number of rotatable bonds is 9. The van der Waals surface area contributed by atoms with Crippen molar-refractivity contribution in [1.29, 1.82) is 0 Å². The van der Waals surface area contributed by atoms with E-state index in [4.69, 9.17) is 10.2 Å². The van der Waals surface area contributed by atoms with E-state index in [0.717, 1.165) is 25.7 Å². The molecule has 5 nitrogen and oxygen atoms in total. The number of carbonyl (C=O) groups is 1. The molecule has 1 unspecified atom stereocenters. The molecule has 0 spiro atoms. The Hall–Kier alpha value is -0.650. The second kappa shape index (κ2) is 16.4. The fourth-order valence-electron chi connectivity index (χ4n) is 1.39. The van der Waals surface area contributed by atoms with Crippen LogP contribution in [0, 0.1) is 5.92 Å². The lowest BCUT2D eigenvalue weighted by Gasteiger charge is -2.10. The number of ether oxygens (including phenoxy) is 1. The van der Waals surface area contributed by atoms with Crippen molar-refractivity contribution in [3.05, 3.63) is 0 Å². The third-order valence-corrected chi connectivity index (χ3v) is 2.51. The molecule has 0 radical (unpaired) electrons. The standard InChI is InChI=1S/C9H18O2.C4H11NO2/c1-4-6-7-8(5-2)9(10)11-3;6-3-1-5-2-4-7/h8H,4-7H2,1-3H3;5-7H,1-4H2. The number of hydrogen-bond acceptors (Lipinski definition) is 5. The molecule has 110 valence electrons. The van der Waals surface area contributed by atoms with Crippen LogP contribution in [0.25, 0.3) is 0 Å². The van der Waals surface area contributed by atoms with Gasteiger partial charge in [0.25, 0.3) is 0 Å². The predicted molar refractivity (Wildman–Crippen MR) is 72.4 cm³/mol. The molecular weight excluding hydrogens is 234 g/mol. The molecule has 0 rings (SSSR count). The van der Waals surface area contributed by atoms with Gasteiger partial charge in [0.1, 0.15) is 0 Å². The van der Waals surface area contributed by atoms with E-state index in [1.165, 1.54) is 7.11 Å². The van der Waals surface area contributed by atoms with Crippen LogP contribution in [0.3, 0.4) is 0 Å². The zero-order chi connectivity index (χ0) is 14.2. The van der Waals surface area contributed by atoms with Crippen molar-refractivity contribution in [3.63, 3.8) is 0 Å². The minimum Gasteiger partial charge on any atom is -0.469 e. The number of aliphatic hydroxyl groups is 2. The normalized spacial score (nSPS) is 11.4. The topological polar surface area (TPSA) is 78.8 Å². The van der Waals surface area contributed by atoms with E-state index >= 15 is 0 Å². The first kappa shape index (κ1) is 19.7. The molecule has 0 aliphatic rings. The van der Waals surface area contributed by atoms with Crippen LogP contribution < -0.4 is 5.32 Å². The maximum atomic E-state index is 11.0. The van der Waals surface area contributed by atoms with Crippen molar-refractivity contribution in [2.24, 2.45) is 5.92 Å². The lowest BCUT2D eigenvalue weighted by molar-refractivity contribution is -0.145. The first-order valence-corrected chi connectivity index (χ1v) is 6.68. The van der Waals surface area contributed by atoms with Crippen molar-refractivity contribution in [1.82, 2.24) is 5.32 Å². The molecule has 0 saturated carbocycles. The van der Waals surface area contributed by atoms with Gasteiger partial charge in [-0.1, -0.05) is 26.7 Å². The molecule has 0 heterocycles. The van der Waals surface area contributed by atoms with Crippen molar-refractivity contribution in [3.8, 4) is 0 Å². The fraction of sp³-hybridized carbons (Fsp3) is 0.923. The predicted octanol–water partition coefficient (Wildman–Crippen LogP) is 0.936. The van der Waals surface area contributed by atoms with Crippen LogP contribution in [0.1, 0.15) is 39.5 Å². The van der Waals surface area contributed by atoms with Crippen LogP contribution in [0.4, 0.5) is 0 Å². The van der Waals surface area contributed by atoms with Crippen LogP contribution >= 0.6 is 0 Å². The molecule has 0 saturated heterocycles. The number of unbranched alkanes of at least 4 members (excludes halogenated alkanes) is 1. The number of hydrogen-bond donors (Lipinski definition) is 3. The highest BCUT2D eigenvalue weighted by atomic mass is 16.5. The van der Waals surface area contributed by atoms with Gasteiger partial charge < -0.3 is 20.3 Å². The Kier molecular flexibility index (Phi) is 17.9. The van der Waals surface area contributed by atoms with Crippen LogP contribution in [0.2, 0.25) is 0 Å². The van der Waals surface area contributed by atoms with Gasteiger partial charge in [0.05, 0.1) is 26.2 Å². The zero-order valence-corrected chi connectivity index (χ0v) is 11.9. The number of esters is 1. The highest BCUT2D eigenvalue weighted by molar-refractivity contribution is 5.72. The summed E-state index contributed by atoms with van der Waals surface area (Å²) in [5.74, 6) is 0.0703. The van der Waals surface area contributed by atoms with Crippen molar-refractivity contribution >= 4 is 5.97 Å². The second-order valence-electron chi connectivity index (χ2n) is 3.97. The summed E-state index contributed by atoms with van der Waals surface area (Å²) in [5, 5.41) is 19.1. The number of aliphatic hydroxyl groups excluding tert-OH is 2. The van der Waals surface area contributed by atoms with E-state index in [2.05, 4.69) is 17.0 Å². The minimum atomic E-state index is -0.0547. The smallest absolute Gasteiger partial charge is 0.308 e. The Bertz CT molecular complexity index is 172. The summed E-state index contributed by atoms with van der Waals surface area (Å²) in [5.41, 5.74) is 0. The first-order chi connectivity index (χ1) is 8.67. The Balaban J connectivity index is 0. The fourth-order valence-corrected chi connectivity index (χ4v) is 1.39. The van der Waals surface area contributed by atoms with Crippen LogP contribution in [0.5, 0.6) is 0 Å². The van der Waals surface area contributed by atoms with Gasteiger partial charge in [-0.3, -0.25) is 4.79 Å². The van der Waals surface area contributed by atoms with Gasteiger partial charge in [-0.2, -0.15) is 0 Å². The van der Waals surface area contributed by atoms with Crippen LogP contribution in [-0.4, -0.2) is 49.6 Å². The summed E-state index contributed by atoms with van der Waals surface area (Å²) in [4.78, 5) is 11.0. The molecule has 18 heavy (non-hydrogen) atoms. The van der Waals surface area contributed by atoms with Crippen LogP contribution in [-0.2, 0) is 9.53 Å². The van der Waals surface area contributed by atoms with E-state index in [1.54, 1.807) is 0 Å². The van der Waals surface area contributed by atoms with E-state index in [1.807, 2.05) is 6.92 Å². The van der Waals surface area contributed by atoms with Gasteiger partial charge in [-0.25, -0.2) is 0 Å². The molecule has 1 atom stereocenters. The molecular formula is C13H29NO4. The lowest BCUT2D eigenvalue weighted by Crippen LogP contribution is -2.21. The molecule has 3 N–H and O–H groups in total. The summed E-state index contributed by atoms with van der Waals surface area (Å²) in [6.07, 6.45) is 4.13. The van der Waals surface area contributed by atoms with Gasteiger partial charge >= 0.3 is 5.97 Å². The number of carbonyl (C=O) groups excluding carboxylic acids is 1. The molecule has 0 amide bonds. The largest absolute Gasteiger partial charge is 0.469 e. The number of nitrogens with one attached hydrogen (secondary N) is 1. The van der Waals surface area contributed by atoms with E-state index < -0.39 is 0 Å². The SMILES string of the molecule is CCCCC(CC)C(=O)OC.OCCNCCO. The zero-order valence-electron chi connectivity index (χ0n) is 11.9. The third-order valence-electron chi connectivity index (χ3n) is 2.51. The Morgan fingerprint density at radius 1 is 1.22 bits per heavy atom. The van der Waals surface area contributed by atoms with E-state index in [9.17, 15) is 4.79 Å². The monoisotopic (exact) mass is 263 g/mol. The van der Waals surface area contributed by atoms with E-state index in [-0.39, 0.29) is 25.1 Å². The van der Waals surface area contributed by atoms with Gasteiger partial charge in [0.15, 0.2) is 0 Å². The third kappa shape index (κ3) is 13.4. The maximum Gasteiger partial charge on any atom is 0.308 e. The summed E-state index contributed by atoms with van der Waals surface area (Å²) >= 11 is 0. The lowest BCUT2D eigenvalue weighted by atomic mass is 10.00. The molecule has 0 aliphatic carbocycles. The molecule has 0 aromatic heterocycles. The van der Waals surface area contributed by atoms with E-state index in [0.29, 0.717) is 13.1 Å².